The van der Waals surface area contributed by atoms with Gasteiger partial charge < -0.3 is 10.1 Å². The topological polar surface area (TPSA) is 72.8 Å². The Morgan fingerprint density at radius 3 is 2.94 bits per heavy atom. The van der Waals surface area contributed by atoms with Gasteiger partial charge in [-0.2, -0.15) is 0 Å². The van der Waals surface area contributed by atoms with Crippen LogP contribution in [0.3, 0.4) is 0 Å². The van der Waals surface area contributed by atoms with Crippen molar-refractivity contribution in [3.05, 3.63) is 36.2 Å². The van der Waals surface area contributed by atoms with E-state index in [2.05, 4.69) is 25.3 Å². The molecule has 94 valence electrons. The molecule has 2 heterocycles. The van der Waals surface area contributed by atoms with Crippen molar-refractivity contribution in [1.29, 1.82) is 0 Å². The van der Waals surface area contributed by atoms with Crippen LogP contribution >= 0.6 is 0 Å². The first kappa shape index (κ1) is 12.2. The van der Waals surface area contributed by atoms with Crippen molar-refractivity contribution in [2.24, 2.45) is 0 Å². The molecule has 0 bridgehead atoms. The maximum absolute atomic E-state index is 5.30. The van der Waals surface area contributed by atoms with Gasteiger partial charge in [-0.05, 0) is 19.9 Å². The quantitative estimate of drug-likeness (QED) is 0.862. The molecular weight excluding hydrogens is 230 g/mol. The van der Waals surface area contributed by atoms with E-state index in [4.69, 9.17) is 4.74 Å². The summed E-state index contributed by atoms with van der Waals surface area (Å²) in [5, 5.41) is 3.13. The zero-order chi connectivity index (χ0) is 12.8. The predicted molar refractivity (Wildman–Crippen MR) is 67.3 cm³/mol. The number of rotatable bonds is 5. The summed E-state index contributed by atoms with van der Waals surface area (Å²) >= 11 is 0. The Kier molecular flexibility index (Phi) is 4.01. The van der Waals surface area contributed by atoms with Crippen LogP contribution in [0, 0.1) is 6.92 Å². The number of hydrogen-bond acceptors (Lipinski definition) is 6. The zero-order valence-corrected chi connectivity index (χ0v) is 10.4. The predicted octanol–water partition coefficient (Wildman–Crippen LogP) is 1.59. The fourth-order valence-electron chi connectivity index (χ4n) is 1.42. The average molecular weight is 245 g/mol. The summed E-state index contributed by atoms with van der Waals surface area (Å²) in [5.41, 5.74) is 0.944. The molecule has 0 aliphatic rings. The summed E-state index contributed by atoms with van der Waals surface area (Å²) < 4.78 is 5.30. The van der Waals surface area contributed by atoms with Crippen LogP contribution in [0.5, 0.6) is 5.88 Å². The highest BCUT2D eigenvalue weighted by atomic mass is 16.5. The van der Waals surface area contributed by atoms with E-state index in [1.54, 1.807) is 12.3 Å². The van der Waals surface area contributed by atoms with Crippen molar-refractivity contribution >= 4 is 5.82 Å². The van der Waals surface area contributed by atoms with Crippen molar-refractivity contribution in [3.63, 3.8) is 0 Å². The molecule has 18 heavy (non-hydrogen) atoms. The third-order valence-corrected chi connectivity index (χ3v) is 2.21. The molecule has 0 radical (unpaired) electrons. The fourth-order valence-corrected chi connectivity index (χ4v) is 1.42. The van der Waals surface area contributed by atoms with E-state index in [0.717, 1.165) is 11.5 Å². The highest BCUT2D eigenvalue weighted by Crippen LogP contribution is 2.11. The van der Waals surface area contributed by atoms with Gasteiger partial charge in [0.15, 0.2) is 0 Å². The molecular formula is C12H15N5O. The Morgan fingerprint density at radius 1 is 1.28 bits per heavy atom. The first-order chi connectivity index (χ1) is 8.78. The molecule has 1 N–H and O–H groups in total. The Balaban J connectivity index is 1.99. The van der Waals surface area contributed by atoms with Gasteiger partial charge in [0, 0.05) is 18.0 Å². The fraction of sp³-hybridized carbons (Fsp3) is 0.333. The van der Waals surface area contributed by atoms with E-state index in [9.17, 15) is 0 Å². The second-order valence-electron chi connectivity index (χ2n) is 3.64. The molecule has 2 aromatic rings. The zero-order valence-electron chi connectivity index (χ0n) is 10.4. The molecule has 2 rings (SSSR count). The molecule has 0 aliphatic heterocycles. The van der Waals surface area contributed by atoms with E-state index in [-0.39, 0.29) is 0 Å². The summed E-state index contributed by atoms with van der Waals surface area (Å²) in [7, 11) is 0. The Bertz CT molecular complexity index is 517. The molecule has 0 spiro atoms. The van der Waals surface area contributed by atoms with E-state index < -0.39 is 0 Å². The van der Waals surface area contributed by atoms with Crippen LogP contribution < -0.4 is 10.1 Å². The standard InChI is InChI=1S/C12H15N5O/c1-3-18-12-6-10(15-8-16-12)14-7-11-13-5-4-9(2)17-11/h4-6,8H,3,7H2,1-2H3,(H,14,15,16). The van der Waals surface area contributed by atoms with Gasteiger partial charge in [0.25, 0.3) is 0 Å². The van der Waals surface area contributed by atoms with Gasteiger partial charge in [-0.3, -0.25) is 0 Å². The maximum Gasteiger partial charge on any atom is 0.218 e. The molecule has 0 saturated carbocycles. The second kappa shape index (κ2) is 5.90. The van der Waals surface area contributed by atoms with Gasteiger partial charge in [-0.15, -0.1) is 0 Å². The monoisotopic (exact) mass is 245 g/mol. The maximum atomic E-state index is 5.30. The summed E-state index contributed by atoms with van der Waals surface area (Å²) in [5.74, 6) is 1.98. The van der Waals surface area contributed by atoms with Gasteiger partial charge in [-0.25, -0.2) is 19.9 Å². The molecule has 6 nitrogen and oxygen atoms in total. The van der Waals surface area contributed by atoms with Gasteiger partial charge >= 0.3 is 0 Å². The first-order valence-electron chi connectivity index (χ1n) is 5.75. The lowest BCUT2D eigenvalue weighted by Gasteiger charge is -2.06. The lowest BCUT2D eigenvalue weighted by atomic mass is 10.4. The molecule has 0 saturated heterocycles. The lowest BCUT2D eigenvalue weighted by molar-refractivity contribution is 0.326. The molecule has 0 atom stereocenters. The Hall–Kier alpha value is -2.24. The van der Waals surface area contributed by atoms with Crippen LogP contribution in [0.4, 0.5) is 5.82 Å². The minimum Gasteiger partial charge on any atom is -0.478 e. The number of anilines is 1. The Labute approximate surface area is 105 Å². The van der Waals surface area contributed by atoms with E-state index in [1.165, 1.54) is 6.33 Å². The lowest BCUT2D eigenvalue weighted by Crippen LogP contribution is -2.06. The molecule has 0 aromatic carbocycles. The van der Waals surface area contributed by atoms with Crippen LogP contribution in [0.15, 0.2) is 24.7 Å². The van der Waals surface area contributed by atoms with Crippen LogP contribution in [0.25, 0.3) is 0 Å². The third kappa shape index (κ3) is 3.38. The highest BCUT2D eigenvalue weighted by molar-refractivity contribution is 5.37. The molecule has 0 aliphatic carbocycles. The van der Waals surface area contributed by atoms with E-state index >= 15 is 0 Å². The highest BCUT2D eigenvalue weighted by Gasteiger charge is 2.00. The van der Waals surface area contributed by atoms with Crippen molar-refractivity contribution in [2.75, 3.05) is 11.9 Å². The Morgan fingerprint density at radius 2 is 2.17 bits per heavy atom. The molecule has 0 fully saturated rings. The molecule has 6 heteroatoms. The van der Waals surface area contributed by atoms with Gasteiger partial charge in [0.05, 0.1) is 13.2 Å². The van der Waals surface area contributed by atoms with E-state index in [0.29, 0.717) is 24.8 Å². The minimum absolute atomic E-state index is 0.518. The van der Waals surface area contributed by atoms with Crippen LogP contribution in [0.2, 0.25) is 0 Å². The van der Waals surface area contributed by atoms with Crippen LogP contribution in [0.1, 0.15) is 18.4 Å². The van der Waals surface area contributed by atoms with Crippen molar-refractivity contribution in [1.82, 2.24) is 19.9 Å². The normalized spacial score (nSPS) is 10.1. The average Bonchev–Trinajstić information content (AvgIpc) is 2.37. The third-order valence-electron chi connectivity index (χ3n) is 2.21. The van der Waals surface area contributed by atoms with E-state index in [1.807, 2.05) is 19.9 Å². The second-order valence-corrected chi connectivity index (χ2v) is 3.64. The van der Waals surface area contributed by atoms with Crippen molar-refractivity contribution < 1.29 is 4.74 Å². The summed E-state index contributed by atoms with van der Waals surface area (Å²) in [6.45, 7) is 4.94. The largest absolute Gasteiger partial charge is 0.478 e. The van der Waals surface area contributed by atoms with Crippen molar-refractivity contribution in [2.45, 2.75) is 20.4 Å². The first-order valence-corrected chi connectivity index (χ1v) is 5.75. The summed E-state index contributed by atoms with van der Waals surface area (Å²) in [6, 6.07) is 3.61. The minimum atomic E-state index is 0.518. The molecule has 2 aromatic heterocycles. The number of aryl methyl sites for hydroxylation is 1. The summed E-state index contributed by atoms with van der Waals surface area (Å²) in [4.78, 5) is 16.6. The van der Waals surface area contributed by atoms with Crippen LogP contribution in [-0.2, 0) is 6.54 Å². The number of aromatic nitrogens is 4. The number of nitrogens with one attached hydrogen (secondary N) is 1. The number of nitrogens with zero attached hydrogens (tertiary/aromatic N) is 4. The van der Waals surface area contributed by atoms with Crippen molar-refractivity contribution in [3.8, 4) is 5.88 Å². The van der Waals surface area contributed by atoms with Crippen LogP contribution in [-0.4, -0.2) is 26.5 Å². The van der Waals surface area contributed by atoms with Gasteiger partial charge in [0.2, 0.25) is 5.88 Å². The molecule has 0 unspecified atom stereocenters. The molecule has 0 amide bonds. The number of hydrogen-bond donors (Lipinski definition) is 1. The van der Waals surface area contributed by atoms with Gasteiger partial charge in [-0.1, -0.05) is 0 Å². The smallest absolute Gasteiger partial charge is 0.218 e. The van der Waals surface area contributed by atoms with Gasteiger partial charge in [0.1, 0.15) is 18.0 Å². The summed E-state index contributed by atoms with van der Waals surface area (Å²) in [6.07, 6.45) is 3.20. The number of ether oxygens (including phenoxy) is 1. The SMILES string of the molecule is CCOc1cc(NCc2nccc(C)n2)ncn1.